The van der Waals surface area contributed by atoms with Gasteiger partial charge >= 0.3 is 0 Å². The quantitative estimate of drug-likeness (QED) is 0.805. The van der Waals surface area contributed by atoms with Crippen LogP contribution in [0.15, 0.2) is 44.2 Å². The number of halogens is 2. The van der Waals surface area contributed by atoms with Crippen LogP contribution in [0, 0.1) is 0 Å². The molecule has 1 aromatic carbocycles. The van der Waals surface area contributed by atoms with Crippen LogP contribution in [0.3, 0.4) is 0 Å². The van der Waals surface area contributed by atoms with Gasteiger partial charge in [0, 0.05) is 11.0 Å². The van der Waals surface area contributed by atoms with Gasteiger partial charge in [0.05, 0.1) is 25.0 Å². The van der Waals surface area contributed by atoms with Gasteiger partial charge in [0.1, 0.15) is 4.47 Å². The minimum atomic E-state index is -0.265. The van der Waals surface area contributed by atoms with Gasteiger partial charge in [-0.05, 0) is 33.6 Å². The molecule has 0 saturated heterocycles. The van der Waals surface area contributed by atoms with Crippen molar-refractivity contribution in [2.75, 3.05) is 11.9 Å². The van der Waals surface area contributed by atoms with E-state index in [-0.39, 0.29) is 18.7 Å². The Labute approximate surface area is 132 Å². The maximum atomic E-state index is 11.9. The van der Waals surface area contributed by atoms with E-state index in [1.54, 1.807) is 6.20 Å². The van der Waals surface area contributed by atoms with Gasteiger partial charge in [0.2, 0.25) is 0 Å². The number of aliphatic hydroxyl groups is 1. The Morgan fingerprint density at radius 1 is 1.35 bits per heavy atom. The van der Waals surface area contributed by atoms with Gasteiger partial charge in [0.25, 0.3) is 5.56 Å². The summed E-state index contributed by atoms with van der Waals surface area (Å²) in [4.78, 5) is 11.9. The zero-order valence-corrected chi connectivity index (χ0v) is 13.7. The highest BCUT2D eigenvalue weighted by Gasteiger charge is 2.08. The van der Waals surface area contributed by atoms with E-state index in [2.05, 4.69) is 42.3 Å². The zero-order valence-electron chi connectivity index (χ0n) is 10.5. The highest BCUT2D eigenvalue weighted by atomic mass is 79.9. The lowest BCUT2D eigenvalue weighted by Crippen LogP contribution is -2.25. The summed E-state index contributed by atoms with van der Waals surface area (Å²) in [5.41, 5.74) is 1.45. The minimum absolute atomic E-state index is 0.121. The first kappa shape index (κ1) is 15.2. The third-order valence-electron chi connectivity index (χ3n) is 2.67. The van der Waals surface area contributed by atoms with E-state index in [1.165, 1.54) is 4.68 Å². The van der Waals surface area contributed by atoms with E-state index in [4.69, 9.17) is 5.11 Å². The summed E-state index contributed by atoms with van der Waals surface area (Å²) in [5, 5.41) is 16.0. The number of anilines is 1. The number of benzene rings is 1. The van der Waals surface area contributed by atoms with Crippen molar-refractivity contribution in [2.45, 2.75) is 13.1 Å². The molecule has 0 amide bonds. The van der Waals surface area contributed by atoms with E-state index in [1.807, 2.05) is 24.3 Å². The van der Waals surface area contributed by atoms with Crippen LogP contribution in [-0.4, -0.2) is 21.5 Å². The summed E-state index contributed by atoms with van der Waals surface area (Å²) in [5.74, 6) is 0. The lowest BCUT2D eigenvalue weighted by molar-refractivity contribution is 0.266. The van der Waals surface area contributed by atoms with Crippen molar-refractivity contribution in [3.8, 4) is 0 Å². The SMILES string of the molecule is O=c1c(Br)c(NCc2cccc(Br)c2)cnn1CCO. The Hall–Kier alpha value is -1.18. The zero-order chi connectivity index (χ0) is 14.5. The second kappa shape index (κ2) is 7.01. The van der Waals surface area contributed by atoms with Crippen LogP contribution >= 0.6 is 31.9 Å². The lowest BCUT2D eigenvalue weighted by atomic mass is 10.2. The maximum absolute atomic E-state index is 11.9. The molecule has 1 aromatic heterocycles. The first-order valence-corrected chi connectivity index (χ1v) is 7.55. The predicted molar refractivity (Wildman–Crippen MR) is 84.8 cm³/mol. The fourth-order valence-corrected chi connectivity index (χ4v) is 2.58. The smallest absolute Gasteiger partial charge is 0.283 e. The molecule has 2 N–H and O–H groups in total. The molecular formula is C13H13Br2N3O2. The fourth-order valence-electron chi connectivity index (χ4n) is 1.69. The van der Waals surface area contributed by atoms with Crippen LogP contribution in [0.5, 0.6) is 0 Å². The first-order valence-electron chi connectivity index (χ1n) is 5.96. The lowest BCUT2D eigenvalue weighted by Gasteiger charge is -2.10. The molecule has 106 valence electrons. The van der Waals surface area contributed by atoms with Gasteiger partial charge in [-0.3, -0.25) is 4.79 Å². The van der Waals surface area contributed by atoms with Crippen molar-refractivity contribution in [3.05, 3.63) is 55.3 Å². The van der Waals surface area contributed by atoms with Gasteiger partial charge in [0.15, 0.2) is 0 Å². The number of aliphatic hydroxyl groups excluding tert-OH is 1. The summed E-state index contributed by atoms with van der Waals surface area (Å²) in [7, 11) is 0. The summed E-state index contributed by atoms with van der Waals surface area (Å²) in [6.07, 6.45) is 1.57. The van der Waals surface area contributed by atoms with Crippen molar-refractivity contribution >= 4 is 37.5 Å². The molecule has 1 heterocycles. The average Bonchev–Trinajstić information content (AvgIpc) is 2.43. The molecule has 2 rings (SSSR count). The van der Waals surface area contributed by atoms with E-state index >= 15 is 0 Å². The van der Waals surface area contributed by atoms with Crippen LogP contribution in [0.25, 0.3) is 0 Å². The molecule has 0 fully saturated rings. The van der Waals surface area contributed by atoms with Gasteiger partial charge < -0.3 is 10.4 Å². The van der Waals surface area contributed by atoms with Crippen molar-refractivity contribution in [3.63, 3.8) is 0 Å². The second-order valence-corrected chi connectivity index (χ2v) is 5.82. The molecule has 0 aliphatic heterocycles. The third kappa shape index (κ3) is 3.68. The third-order valence-corrected chi connectivity index (χ3v) is 3.93. The maximum Gasteiger partial charge on any atom is 0.283 e. The Bertz CT molecular complexity index is 658. The Kier molecular flexibility index (Phi) is 5.33. The Morgan fingerprint density at radius 3 is 2.85 bits per heavy atom. The van der Waals surface area contributed by atoms with E-state index in [0.29, 0.717) is 16.7 Å². The summed E-state index contributed by atoms with van der Waals surface area (Å²) in [6, 6.07) is 7.90. The Balaban J connectivity index is 2.14. The molecule has 0 atom stereocenters. The number of nitrogens with zero attached hydrogens (tertiary/aromatic N) is 2. The van der Waals surface area contributed by atoms with E-state index < -0.39 is 0 Å². The number of rotatable bonds is 5. The van der Waals surface area contributed by atoms with Crippen molar-refractivity contribution in [1.82, 2.24) is 9.78 Å². The highest BCUT2D eigenvalue weighted by molar-refractivity contribution is 9.10. The number of aromatic nitrogens is 2. The first-order chi connectivity index (χ1) is 9.61. The van der Waals surface area contributed by atoms with Gasteiger partial charge in [-0.25, -0.2) is 4.68 Å². The average molecular weight is 403 g/mol. The molecule has 7 heteroatoms. The molecule has 0 spiro atoms. The van der Waals surface area contributed by atoms with Crippen molar-refractivity contribution in [1.29, 1.82) is 0 Å². The standard InChI is InChI=1S/C13H13Br2N3O2/c14-10-3-1-2-9(6-10)7-16-11-8-17-18(4-5-19)13(20)12(11)15/h1-3,6,8,16,19H,4-5,7H2. The van der Waals surface area contributed by atoms with Gasteiger partial charge in [-0.2, -0.15) is 5.10 Å². The molecule has 0 aliphatic carbocycles. The Morgan fingerprint density at radius 2 is 2.15 bits per heavy atom. The minimum Gasteiger partial charge on any atom is -0.394 e. The number of hydrogen-bond donors (Lipinski definition) is 2. The molecule has 0 radical (unpaired) electrons. The normalized spacial score (nSPS) is 10.6. The molecule has 0 aliphatic rings. The van der Waals surface area contributed by atoms with Crippen LogP contribution in [0.2, 0.25) is 0 Å². The van der Waals surface area contributed by atoms with Gasteiger partial charge in [-0.15, -0.1) is 0 Å². The topological polar surface area (TPSA) is 67.2 Å². The van der Waals surface area contributed by atoms with Crippen LogP contribution in [0.4, 0.5) is 5.69 Å². The molecule has 2 aromatic rings. The van der Waals surface area contributed by atoms with Crippen LogP contribution in [-0.2, 0) is 13.1 Å². The summed E-state index contributed by atoms with van der Waals surface area (Å²) in [6.45, 7) is 0.649. The van der Waals surface area contributed by atoms with Crippen molar-refractivity contribution in [2.24, 2.45) is 0 Å². The van der Waals surface area contributed by atoms with Crippen molar-refractivity contribution < 1.29 is 5.11 Å². The molecule has 0 saturated carbocycles. The number of hydrogen-bond acceptors (Lipinski definition) is 4. The monoisotopic (exact) mass is 401 g/mol. The molecule has 0 unspecified atom stereocenters. The molecule has 20 heavy (non-hydrogen) atoms. The van der Waals surface area contributed by atoms with Crippen LogP contribution in [0.1, 0.15) is 5.56 Å². The second-order valence-electron chi connectivity index (χ2n) is 4.11. The summed E-state index contributed by atoms with van der Waals surface area (Å²) >= 11 is 6.68. The van der Waals surface area contributed by atoms with E-state index in [0.717, 1.165) is 10.0 Å². The molecule has 5 nitrogen and oxygen atoms in total. The molecular weight excluding hydrogens is 390 g/mol. The van der Waals surface area contributed by atoms with Crippen LogP contribution < -0.4 is 10.9 Å². The molecule has 0 bridgehead atoms. The van der Waals surface area contributed by atoms with E-state index in [9.17, 15) is 4.79 Å². The largest absolute Gasteiger partial charge is 0.394 e. The summed E-state index contributed by atoms with van der Waals surface area (Å²) < 4.78 is 2.64. The fraction of sp³-hybridized carbons (Fsp3) is 0.231. The number of nitrogens with one attached hydrogen (secondary N) is 1. The predicted octanol–water partition coefficient (Wildman–Crippen LogP) is 2.37. The van der Waals surface area contributed by atoms with Gasteiger partial charge in [-0.1, -0.05) is 28.1 Å². The highest BCUT2D eigenvalue weighted by Crippen LogP contribution is 2.18.